The SMILES string of the molecule is CNC(=O)c1c(-c2ccc(F)cc2)oc2ccc(-c3cc(C(=O)CC4(c5ccccn5)CC4)cc(F)c3C)cc12. The van der Waals surface area contributed by atoms with Crippen molar-refractivity contribution in [2.75, 3.05) is 7.05 Å². The quantitative estimate of drug-likeness (QED) is 0.220. The first kappa shape index (κ1) is 25.6. The largest absolute Gasteiger partial charge is 0.455 e. The molecule has 1 aliphatic carbocycles. The molecule has 0 radical (unpaired) electrons. The second kappa shape index (κ2) is 9.83. The van der Waals surface area contributed by atoms with Gasteiger partial charge in [0.15, 0.2) is 5.78 Å². The van der Waals surface area contributed by atoms with E-state index in [4.69, 9.17) is 4.42 Å². The van der Waals surface area contributed by atoms with Crippen LogP contribution in [0.3, 0.4) is 0 Å². The van der Waals surface area contributed by atoms with Crippen molar-refractivity contribution in [1.82, 2.24) is 10.3 Å². The summed E-state index contributed by atoms with van der Waals surface area (Å²) in [5.74, 6) is -1.08. The number of amides is 1. The minimum absolute atomic E-state index is 0.141. The Kier molecular flexibility index (Phi) is 6.29. The maximum absolute atomic E-state index is 15.2. The lowest BCUT2D eigenvalue weighted by atomic mass is 9.89. The van der Waals surface area contributed by atoms with Crippen LogP contribution in [0.1, 0.15) is 51.2 Å². The average Bonchev–Trinajstić information content (AvgIpc) is 3.66. The Morgan fingerprint density at radius 1 is 0.975 bits per heavy atom. The average molecular weight is 537 g/mol. The first-order valence-electron chi connectivity index (χ1n) is 13.1. The van der Waals surface area contributed by atoms with Crippen LogP contribution in [0.5, 0.6) is 0 Å². The van der Waals surface area contributed by atoms with Crippen LogP contribution in [0, 0.1) is 18.6 Å². The Bertz CT molecular complexity index is 1770. The van der Waals surface area contributed by atoms with E-state index in [1.807, 2.05) is 18.2 Å². The molecule has 0 bridgehead atoms. The van der Waals surface area contributed by atoms with Crippen LogP contribution >= 0.6 is 0 Å². The first-order chi connectivity index (χ1) is 19.3. The summed E-state index contributed by atoms with van der Waals surface area (Å²) in [7, 11) is 1.52. The fourth-order valence-electron chi connectivity index (χ4n) is 5.32. The van der Waals surface area contributed by atoms with E-state index in [0.717, 1.165) is 18.5 Å². The third kappa shape index (κ3) is 4.47. The fraction of sp³-hybridized carbons (Fsp3) is 0.182. The van der Waals surface area contributed by atoms with Gasteiger partial charge in [0, 0.05) is 47.3 Å². The normalized spacial score (nSPS) is 13.8. The van der Waals surface area contributed by atoms with Crippen LogP contribution in [0.15, 0.2) is 83.4 Å². The van der Waals surface area contributed by atoms with Gasteiger partial charge in [-0.15, -0.1) is 0 Å². The number of halogens is 2. The number of hydrogen-bond acceptors (Lipinski definition) is 4. The molecule has 200 valence electrons. The van der Waals surface area contributed by atoms with Crippen LogP contribution in [0.25, 0.3) is 33.4 Å². The number of fused-ring (bicyclic) bond motifs is 1. The van der Waals surface area contributed by atoms with Crippen LogP contribution < -0.4 is 5.32 Å². The molecule has 0 unspecified atom stereocenters. The van der Waals surface area contributed by atoms with Crippen molar-refractivity contribution in [1.29, 1.82) is 0 Å². The van der Waals surface area contributed by atoms with Gasteiger partial charge in [-0.05, 0) is 97.1 Å². The minimum atomic E-state index is -0.477. The smallest absolute Gasteiger partial charge is 0.255 e. The van der Waals surface area contributed by atoms with Gasteiger partial charge in [-0.2, -0.15) is 0 Å². The van der Waals surface area contributed by atoms with Crippen molar-refractivity contribution in [2.24, 2.45) is 0 Å². The summed E-state index contributed by atoms with van der Waals surface area (Å²) in [5.41, 5.74) is 3.78. The Labute approximate surface area is 229 Å². The number of nitrogens with one attached hydrogen (secondary N) is 1. The molecule has 6 rings (SSSR count). The second-order valence-electron chi connectivity index (χ2n) is 10.3. The maximum Gasteiger partial charge on any atom is 0.255 e. The number of pyridine rings is 1. The van der Waals surface area contributed by atoms with Crippen molar-refractivity contribution in [2.45, 2.75) is 31.6 Å². The number of hydrogen-bond donors (Lipinski definition) is 1. The number of rotatable bonds is 7. The third-order valence-electron chi connectivity index (χ3n) is 7.79. The standard InChI is InChI=1S/C33H26F2N2O3/c1-19-24(16-22(17-26(19)35)27(38)18-33(12-13-33)29-5-3-4-14-37-29)21-8-11-28-25(15-21)30(32(39)36-2)31(40-28)20-6-9-23(34)10-7-20/h3-11,14-17H,12-13,18H2,1-2H3,(H,36,39). The lowest BCUT2D eigenvalue weighted by Gasteiger charge is -2.15. The molecular formula is C33H26F2N2O3. The Morgan fingerprint density at radius 2 is 1.73 bits per heavy atom. The fourth-order valence-corrected chi connectivity index (χ4v) is 5.32. The van der Waals surface area contributed by atoms with Crippen LogP contribution in [0.4, 0.5) is 8.78 Å². The highest BCUT2D eigenvalue weighted by Gasteiger charge is 2.47. The third-order valence-corrected chi connectivity index (χ3v) is 7.79. The Hall–Kier alpha value is -4.65. The van der Waals surface area contributed by atoms with E-state index in [0.29, 0.717) is 50.1 Å². The van der Waals surface area contributed by atoms with Gasteiger partial charge in [0.1, 0.15) is 23.0 Å². The molecule has 1 saturated carbocycles. The summed E-state index contributed by atoms with van der Waals surface area (Å²) in [6, 6.07) is 19.7. The van der Waals surface area contributed by atoms with E-state index in [1.54, 1.807) is 49.5 Å². The molecule has 1 N–H and O–H groups in total. The van der Waals surface area contributed by atoms with Gasteiger partial charge in [0.05, 0.1) is 5.56 Å². The Balaban J connectivity index is 1.42. The van der Waals surface area contributed by atoms with Crippen LogP contribution in [-0.2, 0) is 5.41 Å². The molecular weight excluding hydrogens is 510 g/mol. The molecule has 0 atom stereocenters. The monoisotopic (exact) mass is 536 g/mol. The number of Topliss-reactive ketones (excluding diaryl/α,β-unsaturated/α-hetero) is 1. The van der Waals surface area contributed by atoms with Crippen molar-refractivity contribution in [3.05, 3.63) is 113 Å². The van der Waals surface area contributed by atoms with Gasteiger partial charge in [0.2, 0.25) is 0 Å². The number of nitrogens with zero attached hydrogens (tertiary/aromatic N) is 1. The zero-order chi connectivity index (χ0) is 28.0. The Morgan fingerprint density at radius 3 is 2.40 bits per heavy atom. The lowest BCUT2D eigenvalue weighted by Crippen LogP contribution is -2.18. The molecule has 1 aliphatic rings. The van der Waals surface area contributed by atoms with Gasteiger partial charge < -0.3 is 9.73 Å². The minimum Gasteiger partial charge on any atom is -0.455 e. The molecule has 0 aliphatic heterocycles. The molecule has 7 heteroatoms. The topological polar surface area (TPSA) is 72.2 Å². The van der Waals surface area contributed by atoms with E-state index < -0.39 is 11.6 Å². The van der Waals surface area contributed by atoms with Gasteiger partial charge in [-0.3, -0.25) is 14.6 Å². The molecule has 40 heavy (non-hydrogen) atoms. The predicted molar refractivity (Wildman–Crippen MR) is 149 cm³/mol. The second-order valence-corrected chi connectivity index (χ2v) is 10.3. The zero-order valence-corrected chi connectivity index (χ0v) is 22.1. The molecule has 5 aromatic rings. The summed E-state index contributed by atoms with van der Waals surface area (Å²) >= 11 is 0. The van der Waals surface area contributed by atoms with Gasteiger partial charge in [-0.25, -0.2) is 8.78 Å². The van der Waals surface area contributed by atoms with E-state index in [2.05, 4.69) is 10.3 Å². The highest BCUT2D eigenvalue weighted by molar-refractivity contribution is 6.12. The molecule has 1 fully saturated rings. The summed E-state index contributed by atoms with van der Waals surface area (Å²) in [6.45, 7) is 1.67. The van der Waals surface area contributed by atoms with Crippen LogP contribution in [0.2, 0.25) is 0 Å². The van der Waals surface area contributed by atoms with Crippen molar-refractivity contribution in [3.63, 3.8) is 0 Å². The van der Waals surface area contributed by atoms with E-state index in [1.165, 1.54) is 25.2 Å². The number of carbonyl (C=O) groups is 2. The maximum atomic E-state index is 15.2. The summed E-state index contributed by atoms with van der Waals surface area (Å²) in [4.78, 5) is 30.8. The van der Waals surface area contributed by atoms with Crippen LogP contribution in [-0.4, -0.2) is 23.7 Å². The van der Waals surface area contributed by atoms with Crippen molar-refractivity contribution < 1.29 is 22.8 Å². The van der Waals surface area contributed by atoms with E-state index in [-0.39, 0.29) is 23.5 Å². The molecule has 0 saturated heterocycles. The highest BCUT2D eigenvalue weighted by Crippen LogP contribution is 2.51. The first-order valence-corrected chi connectivity index (χ1v) is 13.1. The zero-order valence-electron chi connectivity index (χ0n) is 22.1. The number of carbonyl (C=O) groups excluding carboxylic acids is 2. The number of ketones is 1. The van der Waals surface area contributed by atoms with E-state index >= 15 is 4.39 Å². The van der Waals surface area contributed by atoms with Crippen molar-refractivity contribution >= 4 is 22.7 Å². The molecule has 1 amide bonds. The number of furan rings is 1. The molecule has 5 nitrogen and oxygen atoms in total. The van der Waals surface area contributed by atoms with Gasteiger partial charge in [-0.1, -0.05) is 12.1 Å². The number of aromatic nitrogens is 1. The van der Waals surface area contributed by atoms with E-state index in [9.17, 15) is 14.0 Å². The molecule has 2 aromatic heterocycles. The van der Waals surface area contributed by atoms with Crippen molar-refractivity contribution in [3.8, 4) is 22.5 Å². The summed E-state index contributed by atoms with van der Waals surface area (Å²) < 4.78 is 34.8. The predicted octanol–water partition coefficient (Wildman–Crippen LogP) is 7.41. The molecule has 0 spiro atoms. The summed E-state index contributed by atoms with van der Waals surface area (Å²) in [5, 5.41) is 3.17. The molecule has 3 aromatic carbocycles. The lowest BCUT2D eigenvalue weighted by molar-refractivity contribution is 0.0958. The number of benzene rings is 3. The highest BCUT2D eigenvalue weighted by atomic mass is 19.1. The summed E-state index contributed by atoms with van der Waals surface area (Å²) in [6.07, 6.45) is 3.72. The van der Waals surface area contributed by atoms with Gasteiger partial charge >= 0.3 is 0 Å². The van der Waals surface area contributed by atoms with Gasteiger partial charge in [0.25, 0.3) is 5.91 Å². The molecule has 2 heterocycles.